The molecule has 4 nitrogen and oxygen atoms in total. The van der Waals surface area contributed by atoms with Crippen molar-refractivity contribution in [2.45, 2.75) is 58.0 Å². The van der Waals surface area contributed by atoms with Gasteiger partial charge in [0.25, 0.3) is 0 Å². The van der Waals surface area contributed by atoms with Crippen LogP contribution in [0.2, 0.25) is 0 Å². The molecule has 0 saturated carbocycles. The molecule has 0 aliphatic heterocycles. The molecule has 0 radical (unpaired) electrons. The lowest BCUT2D eigenvalue weighted by Gasteiger charge is -2.31. The first-order valence-electron chi connectivity index (χ1n) is 8.25. The molecule has 0 saturated heterocycles. The summed E-state index contributed by atoms with van der Waals surface area (Å²) in [7, 11) is 0. The van der Waals surface area contributed by atoms with Crippen LogP contribution >= 0.6 is 0 Å². The molecular formula is C19H28N4. The van der Waals surface area contributed by atoms with E-state index in [1.165, 1.54) is 11.1 Å². The highest BCUT2D eigenvalue weighted by Gasteiger charge is 2.28. The average Bonchev–Trinajstić information content (AvgIpc) is 2.50. The van der Waals surface area contributed by atoms with Gasteiger partial charge in [0.05, 0.1) is 0 Å². The Labute approximate surface area is 139 Å². The maximum Gasteiger partial charge on any atom is 0.0451 e. The monoisotopic (exact) mass is 312 g/mol. The molecule has 0 aliphatic carbocycles. The predicted octanol–water partition coefficient (Wildman–Crippen LogP) is 2.70. The molecule has 4 N–H and O–H groups in total. The van der Waals surface area contributed by atoms with Crippen molar-refractivity contribution in [3.05, 3.63) is 59.2 Å². The molecule has 0 amide bonds. The maximum atomic E-state index is 6.81. The van der Waals surface area contributed by atoms with Gasteiger partial charge >= 0.3 is 0 Å². The predicted molar refractivity (Wildman–Crippen MR) is 95.2 cm³/mol. The Morgan fingerprint density at radius 1 is 1.00 bits per heavy atom. The van der Waals surface area contributed by atoms with Crippen LogP contribution in [0.3, 0.4) is 0 Å². The SMILES string of the molecule is Cc1cccnc1CC(N)(CCC(C)N)Cc1ncccc1C. The number of hydrogen-bond acceptors (Lipinski definition) is 4. The molecule has 124 valence electrons. The van der Waals surface area contributed by atoms with Crippen LogP contribution in [0.1, 0.15) is 42.3 Å². The van der Waals surface area contributed by atoms with Gasteiger partial charge in [-0.1, -0.05) is 12.1 Å². The summed E-state index contributed by atoms with van der Waals surface area (Å²) in [6.07, 6.45) is 6.90. The third-order valence-corrected chi connectivity index (χ3v) is 4.37. The van der Waals surface area contributed by atoms with Crippen LogP contribution in [0.5, 0.6) is 0 Å². The summed E-state index contributed by atoms with van der Waals surface area (Å²) in [4.78, 5) is 9.05. The standard InChI is InChI=1S/C19H28N4/c1-14-6-4-10-22-17(14)12-19(21,9-8-16(3)20)13-18-15(2)7-5-11-23-18/h4-7,10-11,16H,8-9,12-13,20-21H2,1-3H3. The fraction of sp³-hybridized carbons (Fsp3) is 0.474. The van der Waals surface area contributed by atoms with E-state index < -0.39 is 0 Å². The van der Waals surface area contributed by atoms with Gasteiger partial charge in [0, 0.05) is 48.2 Å². The molecule has 0 spiro atoms. The Hall–Kier alpha value is -1.78. The smallest absolute Gasteiger partial charge is 0.0451 e. The van der Waals surface area contributed by atoms with Crippen LogP contribution < -0.4 is 11.5 Å². The van der Waals surface area contributed by atoms with E-state index in [-0.39, 0.29) is 11.6 Å². The molecule has 0 bridgehead atoms. The molecule has 2 rings (SSSR count). The Kier molecular flexibility index (Phi) is 5.85. The number of nitrogens with zero attached hydrogens (tertiary/aromatic N) is 2. The summed E-state index contributed by atoms with van der Waals surface area (Å²) in [5.74, 6) is 0. The third kappa shape index (κ3) is 5.12. The quantitative estimate of drug-likeness (QED) is 0.824. The number of rotatable bonds is 7. The van der Waals surface area contributed by atoms with Crippen molar-refractivity contribution in [2.75, 3.05) is 0 Å². The van der Waals surface area contributed by atoms with E-state index in [2.05, 4.69) is 35.9 Å². The fourth-order valence-electron chi connectivity index (χ4n) is 2.83. The molecule has 2 heterocycles. The highest BCUT2D eigenvalue weighted by molar-refractivity contribution is 5.24. The van der Waals surface area contributed by atoms with Gasteiger partial charge in [-0.05, 0) is 56.9 Å². The molecule has 2 aromatic heterocycles. The van der Waals surface area contributed by atoms with E-state index >= 15 is 0 Å². The van der Waals surface area contributed by atoms with E-state index in [1.807, 2.05) is 31.5 Å². The Morgan fingerprint density at radius 2 is 1.48 bits per heavy atom. The molecular weight excluding hydrogens is 284 g/mol. The second-order valence-corrected chi connectivity index (χ2v) is 6.77. The number of hydrogen-bond donors (Lipinski definition) is 2. The zero-order valence-electron chi connectivity index (χ0n) is 14.4. The van der Waals surface area contributed by atoms with Crippen LogP contribution in [0.4, 0.5) is 0 Å². The van der Waals surface area contributed by atoms with E-state index in [0.29, 0.717) is 0 Å². The lowest BCUT2D eigenvalue weighted by molar-refractivity contribution is 0.357. The fourth-order valence-corrected chi connectivity index (χ4v) is 2.83. The molecule has 1 unspecified atom stereocenters. The van der Waals surface area contributed by atoms with E-state index in [0.717, 1.165) is 37.1 Å². The van der Waals surface area contributed by atoms with Gasteiger partial charge < -0.3 is 11.5 Å². The average molecular weight is 312 g/mol. The molecule has 23 heavy (non-hydrogen) atoms. The topological polar surface area (TPSA) is 77.8 Å². The van der Waals surface area contributed by atoms with Crippen molar-refractivity contribution in [1.29, 1.82) is 0 Å². The summed E-state index contributed by atoms with van der Waals surface area (Å²) < 4.78 is 0. The van der Waals surface area contributed by atoms with Crippen LogP contribution in [0.15, 0.2) is 36.7 Å². The van der Waals surface area contributed by atoms with Gasteiger partial charge in [0.2, 0.25) is 0 Å². The highest BCUT2D eigenvalue weighted by Crippen LogP contribution is 2.23. The molecule has 4 heteroatoms. The second kappa shape index (κ2) is 7.66. The van der Waals surface area contributed by atoms with Crippen molar-refractivity contribution < 1.29 is 0 Å². The third-order valence-electron chi connectivity index (χ3n) is 4.37. The first-order valence-corrected chi connectivity index (χ1v) is 8.25. The molecule has 2 aromatic rings. The summed E-state index contributed by atoms with van der Waals surface area (Å²) in [6, 6.07) is 8.23. The second-order valence-electron chi connectivity index (χ2n) is 6.77. The zero-order valence-corrected chi connectivity index (χ0v) is 14.4. The number of pyridine rings is 2. The van der Waals surface area contributed by atoms with Crippen LogP contribution in [-0.4, -0.2) is 21.5 Å². The van der Waals surface area contributed by atoms with Crippen molar-refractivity contribution in [1.82, 2.24) is 9.97 Å². The van der Waals surface area contributed by atoms with Gasteiger partial charge in [-0.25, -0.2) is 0 Å². The largest absolute Gasteiger partial charge is 0.328 e. The summed E-state index contributed by atoms with van der Waals surface area (Å²) in [6.45, 7) is 6.19. The first-order chi connectivity index (χ1) is 10.9. The number of aromatic nitrogens is 2. The summed E-state index contributed by atoms with van der Waals surface area (Å²) in [5, 5.41) is 0. The molecule has 0 aromatic carbocycles. The first kappa shape index (κ1) is 17.6. The van der Waals surface area contributed by atoms with Crippen molar-refractivity contribution >= 4 is 0 Å². The Morgan fingerprint density at radius 3 is 1.87 bits per heavy atom. The van der Waals surface area contributed by atoms with Crippen molar-refractivity contribution in [2.24, 2.45) is 11.5 Å². The Balaban J connectivity index is 2.24. The van der Waals surface area contributed by atoms with E-state index in [1.54, 1.807) is 0 Å². The van der Waals surface area contributed by atoms with Crippen LogP contribution in [-0.2, 0) is 12.8 Å². The number of aryl methyl sites for hydroxylation is 2. The van der Waals surface area contributed by atoms with Gasteiger partial charge in [-0.15, -0.1) is 0 Å². The normalized spacial score (nSPS) is 13.1. The van der Waals surface area contributed by atoms with Gasteiger partial charge in [-0.3, -0.25) is 9.97 Å². The minimum atomic E-state index is -0.383. The summed E-state index contributed by atoms with van der Waals surface area (Å²) in [5.41, 5.74) is 16.9. The molecule has 0 fully saturated rings. The van der Waals surface area contributed by atoms with Gasteiger partial charge in [0.1, 0.15) is 0 Å². The van der Waals surface area contributed by atoms with E-state index in [9.17, 15) is 0 Å². The highest BCUT2D eigenvalue weighted by atomic mass is 14.8. The lowest BCUT2D eigenvalue weighted by Crippen LogP contribution is -2.46. The Bertz CT molecular complexity index is 589. The minimum Gasteiger partial charge on any atom is -0.328 e. The number of nitrogens with two attached hydrogens (primary N) is 2. The van der Waals surface area contributed by atoms with Crippen molar-refractivity contribution in [3.63, 3.8) is 0 Å². The molecule has 0 aliphatic rings. The maximum absolute atomic E-state index is 6.81. The van der Waals surface area contributed by atoms with E-state index in [4.69, 9.17) is 11.5 Å². The van der Waals surface area contributed by atoms with Gasteiger partial charge in [-0.2, -0.15) is 0 Å². The van der Waals surface area contributed by atoms with Crippen LogP contribution in [0.25, 0.3) is 0 Å². The van der Waals surface area contributed by atoms with Crippen LogP contribution in [0, 0.1) is 13.8 Å². The lowest BCUT2D eigenvalue weighted by atomic mass is 9.82. The van der Waals surface area contributed by atoms with Gasteiger partial charge in [0.15, 0.2) is 0 Å². The minimum absolute atomic E-state index is 0.146. The van der Waals surface area contributed by atoms with Crippen molar-refractivity contribution in [3.8, 4) is 0 Å². The zero-order chi connectivity index (χ0) is 16.9. The molecule has 1 atom stereocenters. The summed E-state index contributed by atoms with van der Waals surface area (Å²) >= 11 is 0.